The molecule has 17 heavy (non-hydrogen) atoms. The van der Waals surface area contributed by atoms with Gasteiger partial charge in [0.1, 0.15) is 0 Å². The first-order valence-electron chi connectivity index (χ1n) is 6.47. The van der Waals surface area contributed by atoms with Gasteiger partial charge < -0.3 is 15.4 Å². The minimum Gasteiger partial charge on any atom is -0.379 e. The van der Waals surface area contributed by atoms with Crippen LogP contribution in [-0.2, 0) is 17.6 Å². The van der Waals surface area contributed by atoms with Crippen molar-refractivity contribution in [3.8, 4) is 0 Å². The van der Waals surface area contributed by atoms with Gasteiger partial charge in [0.05, 0.1) is 13.2 Å². The van der Waals surface area contributed by atoms with Gasteiger partial charge in [0.15, 0.2) is 0 Å². The second kappa shape index (κ2) is 6.74. The summed E-state index contributed by atoms with van der Waals surface area (Å²) >= 11 is 0. The fourth-order valence-corrected chi connectivity index (χ4v) is 2.32. The van der Waals surface area contributed by atoms with E-state index in [2.05, 4.69) is 29.2 Å². The lowest BCUT2D eigenvalue weighted by Crippen LogP contribution is -2.30. The minimum absolute atomic E-state index is 0.617. The third kappa shape index (κ3) is 3.80. The maximum Gasteiger partial charge on any atom is 0.0594 e. The summed E-state index contributed by atoms with van der Waals surface area (Å²) in [5.74, 6) is 0. The van der Waals surface area contributed by atoms with Gasteiger partial charge >= 0.3 is 0 Å². The molecule has 0 amide bonds. The Labute approximate surface area is 104 Å². The van der Waals surface area contributed by atoms with E-state index in [0.717, 1.165) is 39.1 Å². The maximum absolute atomic E-state index is 5.44. The predicted molar refractivity (Wildman–Crippen MR) is 70.2 cm³/mol. The van der Waals surface area contributed by atoms with Crippen molar-refractivity contribution in [3.05, 3.63) is 35.4 Å². The molecule has 1 aromatic carbocycles. The number of hydrogen-bond acceptors (Lipinski definition) is 3. The number of ether oxygens (including phenoxy) is 1. The Morgan fingerprint density at radius 1 is 1.06 bits per heavy atom. The molecule has 0 saturated heterocycles. The van der Waals surface area contributed by atoms with Crippen LogP contribution in [0.4, 0.5) is 0 Å². The molecule has 3 heteroatoms. The first-order chi connectivity index (χ1) is 8.40. The lowest BCUT2D eigenvalue weighted by atomic mass is 10.0. The van der Waals surface area contributed by atoms with E-state index in [-0.39, 0.29) is 0 Å². The molecule has 1 aliphatic rings. The molecule has 1 aliphatic heterocycles. The number of fused-ring (bicyclic) bond motifs is 1. The van der Waals surface area contributed by atoms with Gasteiger partial charge in [0, 0.05) is 26.2 Å². The van der Waals surface area contributed by atoms with Gasteiger partial charge in [-0.2, -0.15) is 0 Å². The van der Waals surface area contributed by atoms with E-state index in [0.29, 0.717) is 13.2 Å². The van der Waals surface area contributed by atoms with Gasteiger partial charge in [-0.15, -0.1) is 0 Å². The monoisotopic (exact) mass is 234 g/mol. The Balaban J connectivity index is 1.78. The first kappa shape index (κ1) is 12.6. The lowest BCUT2D eigenvalue weighted by Gasteiger charge is -2.19. The second-order valence-electron chi connectivity index (χ2n) is 4.51. The molecule has 2 N–H and O–H groups in total. The van der Waals surface area contributed by atoms with Gasteiger partial charge in [-0.25, -0.2) is 0 Å². The third-order valence-electron chi connectivity index (χ3n) is 3.33. The standard InChI is InChI=1S/C14H22N2O/c15-7-11-17-12-10-16-8-5-13-3-1-2-4-14(13)6-9-16/h1-4H,5-12,15H2. The first-order valence-corrected chi connectivity index (χ1v) is 6.47. The van der Waals surface area contributed by atoms with E-state index in [1.807, 2.05) is 0 Å². The molecule has 3 nitrogen and oxygen atoms in total. The zero-order valence-electron chi connectivity index (χ0n) is 10.4. The third-order valence-corrected chi connectivity index (χ3v) is 3.33. The van der Waals surface area contributed by atoms with Crippen LogP contribution in [0.2, 0.25) is 0 Å². The van der Waals surface area contributed by atoms with Crippen LogP contribution in [0.1, 0.15) is 11.1 Å². The summed E-state index contributed by atoms with van der Waals surface area (Å²) in [6, 6.07) is 8.78. The van der Waals surface area contributed by atoms with E-state index in [9.17, 15) is 0 Å². The normalized spacial score (nSPS) is 16.5. The van der Waals surface area contributed by atoms with Crippen molar-refractivity contribution < 1.29 is 4.74 Å². The van der Waals surface area contributed by atoms with Crippen molar-refractivity contribution in [2.24, 2.45) is 5.73 Å². The Bertz CT molecular complexity index is 314. The Morgan fingerprint density at radius 2 is 1.71 bits per heavy atom. The molecule has 0 unspecified atom stereocenters. The van der Waals surface area contributed by atoms with E-state index >= 15 is 0 Å². The summed E-state index contributed by atoms with van der Waals surface area (Å²) in [7, 11) is 0. The van der Waals surface area contributed by atoms with Crippen LogP contribution < -0.4 is 5.73 Å². The molecule has 1 aromatic rings. The number of nitrogens with two attached hydrogens (primary N) is 1. The van der Waals surface area contributed by atoms with E-state index in [1.165, 1.54) is 11.1 Å². The van der Waals surface area contributed by atoms with Crippen LogP contribution in [0.15, 0.2) is 24.3 Å². The zero-order chi connectivity index (χ0) is 11.9. The molecule has 0 fully saturated rings. The molecule has 0 spiro atoms. The second-order valence-corrected chi connectivity index (χ2v) is 4.51. The van der Waals surface area contributed by atoms with Gasteiger partial charge in [0.2, 0.25) is 0 Å². The van der Waals surface area contributed by atoms with Crippen molar-refractivity contribution in [3.63, 3.8) is 0 Å². The van der Waals surface area contributed by atoms with Crippen molar-refractivity contribution in [1.82, 2.24) is 4.90 Å². The van der Waals surface area contributed by atoms with Crippen molar-refractivity contribution in [1.29, 1.82) is 0 Å². The number of benzene rings is 1. The Hall–Kier alpha value is -0.900. The Morgan fingerprint density at radius 3 is 2.29 bits per heavy atom. The van der Waals surface area contributed by atoms with E-state index in [4.69, 9.17) is 10.5 Å². The minimum atomic E-state index is 0.617. The molecular weight excluding hydrogens is 212 g/mol. The highest BCUT2D eigenvalue weighted by atomic mass is 16.5. The van der Waals surface area contributed by atoms with Crippen LogP contribution >= 0.6 is 0 Å². The predicted octanol–water partition coefficient (Wildman–Crippen LogP) is 1.06. The van der Waals surface area contributed by atoms with Gasteiger partial charge in [-0.05, 0) is 24.0 Å². The topological polar surface area (TPSA) is 38.5 Å². The smallest absolute Gasteiger partial charge is 0.0594 e. The van der Waals surface area contributed by atoms with Crippen LogP contribution in [0.25, 0.3) is 0 Å². The van der Waals surface area contributed by atoms with E-state index in [1.54, 1.807) is 0 Å². The summed E-state index contributed by atoms with van der Waals surface area (Å²) < 4.78 is 5.44. The molecule has 0 saturated carbocycles. The average molecular weight is 234 g/mol. The van der Waals surface area contributed by atoms with Crippen molar-refractivity contribution in [2.45, 2.75) is 12.8 Å². The molecule has 0 aliphatic carbocycles. The largest absolute Gasteiger partial charge is 0.379 e. The van der Waals surface area contributed by atoms with E-state index < -0.39 is 0 Å². The molecule has 0 radical (unpaired) electrons. The summed E-state index contributed by atoms with van der Waals surface area (Å²) in [5.41, 5.74) is 8.42. The van der Waals surface area contributed by atoms with Crippen LogP contribution in [0, 0.1) is 0 Å². The van der Waals surface area contributed by atoms with Gasteiger partial charge in [-0.1, -0.05) is 24.3 Å². The molecular formula is C14H22N2O. The summed E-state index contributed by atoms with van der Waals surface area (Å²) in [5, 5.41) is 0. The number of rotatable bonds is 5. The Kier molecular flexibility index (Phi) is 4.98. The number of hydrogen-bond donors (Lipinski definition) is 1. The summed E-state index contributed by atoms with van der Waals surface area (Å²) in [6.45, 7) is 5.40. The zero-order valence-corrected chi connectivity index (χ0v) is 10.4. The maximum atomic E-state index is 5.44. The molecule has 0 aromatic heterocycles. The summed E-state index contributed by atoms with van der Waals surface area (Å²) in [4.78, 5) is 2.48. The molecule has 1 heterocycles. The average Bonchev–Trinajstić information content (AvgIpc) is 2.58. The van der Waals surface area contributed by atoms with Gasteiger partial charge in [0.25, 0.3) is 0 Å². The van der Waals surface area contributed by atoms with Crippen LogP contribution in [-0.4, -0.2) is 44.3 Å². The molecule has 0 bridgehead atoms. The molecule has 0 atom stereocenters. The fraction of sp³-hybridized carbons (Fsp3) is 0.571. The van der Waals surface area contributed by atoms with Crippen LogP contribution in [0.5, 0.6) is 0 Å². The molecule has 2 rings (SSSR count). The van der Waals surface area contributed by atoms with Crippen molar-refractivity contribution in [2.75, 3.05) is 39.4 Å². The SMILES string of the molecule is NCCOCCN1CCc2ccccc2CC1. The number of nitrogens with zero attached hydrogens (tertiary/aromatic N) is 1. The quantitative estimate of drug-likeness (QED) is 0.774. The highest BCUT2D eigenvalue weighted by Gasteiger charge is 2.12. The van der Waals surface area contributed by atoms with Gasteiger partial charge in [-0.3, -0.25) is 0 Å². The molecule has 94 valence electrons. The van der Waals surface area contributed by atoms with Crippen molar-refractivity contribution >= 4 is 0 Å². The lowest BCUT2D eigenvalue weighted by molar-refractivity contribution is 0.110. The van der Waals surface area contributed by atoms with Crippen LogP contribution in [0.3, 0.4) is 0 Å². The highest BCUT2D eigenvalue weighted by molar-refractivity contribution is 5.28. The highest BCUT2D eigenvalue weighted by Crippen LogP contribution is 2.15. The fourth-order valence-electron chi connectivity index (χ4n) is 2.32. The summed E-state index contributed by atoms with van der Waals surface area (Å²) in [6.07, 6.45) is 2.32.